The monoisotopic (exact) mass is 526 g/mol. The number of fused-ring (bicyclic) bond motifs is 6. The van der Waals surface area contributed by atoms with Gasteiger partial charge in [-0.05, 0) is 63.8 Å². The molecular weight excluding hydrogens is 504 g/mol. The van der Waals surface area contributed by atoms with Gasteiger partial charge in [0.1, 0.15) is 10.0 Å². The molecule has 2 aromatic heterocycles. The van der Waals surface area contributed by atoms with Crippen molar-refractivity contribution in [3.63, 3.8) is 0 Å². The second-order valence-corrected chi connectivity index (χ2v) is 12.3. The summed E-state index contributed by atoms with van der Waals surface area (Å²) in [6.07, 6.45) is 5.00. The summed E-state index contributed by atoms with van der Waals surface area (Å²) in [6.45, 7) is 0. The molecule has 1 aliphatic heterocycles. The maximum Gasteiger partial charge on any atom is 0.230 e. The molecular formula is C27H22N6O2S2. The molecule has 2 unspecified atom stereocenters. The van der Waals surface area contributed by atoms with Crippen LogP contribution in [0.1, 0.15) is 72.8 Å². The van der Waals surface area contributed by atoms with E-state index in [0.29, 0.717) is 29.0 Å². The summed E-state index contributed by atoms with van der Waals surface area (Å²) in [5.41, 5.74) is 10.3. The van der Waals surface area contributed by atoms with Gasteiger partial charge in [-0.2, -0.15) is 0 Å². The Balaban J connectivity index is 1.18. The van der Waals surface area contributed by atoms with Gasteiger partial charge in [-0.25, -0.2) is 0 Å². The molecule has 6 aliphatic rings. The third kappa shape index (κ3) is 3.39. The standard InChI is InChI=1S/C27H22N6O2S2/c34-18-10-14-8-12-4-6-16(14)24-22(12)23-13-5-7-17(25(23)24)15(9-13)11-19(35)29-27-33-31-21(37-27)3-1-2-20-30-32-26(28-18)36-20/h4,6,8-9,22,24H,1-3,5,7,10-11H2,(H,28,32,34)(H,29,33,35). The van der Waals surface area contributed by atoms with Crippen LogP contribution in [0.5, 0.6) is 0 Å². The van der Waals surface area contributed by atoms with Gasteiger partial charge in [0.05, 0.1) is 12.8 Å². The zero-order chi connectivity index (χ0) is 24.7. The van der Waals surface area contributed by atoms with Crippen molar-refractivity contribution < 1.29 is 9.59 Å². The number of hydrogen-bond donors (Lipinski definition) is 2. The normalized spacial score (nSPS) is 21.3. The molecule has 0 spiro atoms. The molecule has 2 amide bonds. The number of rotatable bonds is 0. The summed E-state index contributed by atoms with van der Waals surface area (Å²) < 4.78 is 0. The Morgan fingerprint density at radius 1 is 0.703 bits per heavy atom. The van der Waals surface area contributed by atoms with Crippen molar-refractivity contribution in [3.05, 3.63) is 78.8 Å². The summed E-state index contributed by atoms with van der Waals surface area (Å²) in [5, 5.41) is 25.6. The third-order valence-corrected chi connectivity index (χ3v) is 9.86. The molecule has 0 saturated carbocycles. The molecule has 3 heterocycles. The molecule has 8 nitrogen and oxygen atoms in total. The zero-order valence-electron chi connectivity index (χ0n) is 19.8. The summed E-state index contributed by atoms with van der Waals surface area (Å²) in [4.78, 5) is 26.0. The highest BCUT2D eigenvalue weighted by Crippen LogP contribution is 2.62. The van der Waals surface area contributed by atoms with Crippen LogP contribution in [0, 0.1) is 0 Å². The Morgan fingerprint density at radius 2 is 1.41 bits per heavy atom. The summed E-state index contributed by atoms with van der Waals surface area (Å²) in [6, 6.07) is 8.86. The Kier molecular flexibility index (Phi) is 4.66. The van der Waals surface area contributed by atoms with E-state index in [0.717, 1.165) is 53.2 Å². The molecule has 10 rings (SSSR count). The number of carbonyl (C=O) groups is 2. The highest BCUT2D eigenvalue weighted by molar-refractivity contribution is 7.15. The minimum Gasteiger partial charge on any atom is -0.300 e. The number of aryl methyl sites for hydroxylation is 3. The second-order valence-electron chi connectivity index (χ2n) is 10.2. The van der Waals surface area contributed by atoms with Crippen LogP contribution in [0.25, 0.3) is 0 Å². The van der Waals surface area contributed by atoms with E-state index in [9.17, 15) is 9.59 Å². The van der Waals surface area contributed by atoms with Crippen molar-refractivity contribution >= 4 is 44.8 Å². The molecule has 184 valence electrons. The highest BCUT2D eigenvalue weighted by Gasteiger charge is 2.48. The van der Waals surface area contributed by atoms with Gasteiger partial charge < -0.3 is 10.6 Å². The summed E-state index contributed by atoms with van der Waals surface area (Å²) in [7, 11) is 0. The van der Waals surface area contributed by atoms with Gasteiger partial charge >= 0.3 is 0 Å². The van der Waals surface area contributed by atoms with E-state index in [1.807, 2.05) is 0 Å². The lowest BCUT2D eigenvalue weighted by atomic mass is 9.53. The van der Waals surface area contributed by atoms with Gasteiger partial charge in [-0.3, -0.25) is 9.59 Å². The minimum absolute atomic E-state index is 0.0516. The molecule has 37 heavy (non-hydrogen) atoms. The number of hydrogen-bond acceptors (Lipinski definition) is 8. The molecule has 2 aromatic carbocycles. The molecule has 10 heteroatoms. The van der Waals surface area contributed by atoms with E-state index in [4.69, 9.17) is 0 Å². The maximum atomic E-state index is 13.0. The Bertz CT molecular complexity index is 1640. The van der Waals surface area contributed by atoms with Crippen LogP contribution in [0.3, 0.4) is 0 Å². The van der Waals surface area contributed by atoms with Crippen molar-refractivity contribution in [2.75, 3.05) is 10.6 Å². The van der Waals surface area contributed by atoms with Crippen LogP contribution in [-0.4, -0.2) is 32.2 Å². The van der Waals surface area contributed by atoms with E-state index in [-0.39, 0.29) is 17.7 Å². The molecule has 2 atom stereocenters. The zero-order valence-corrected chi connectivity index (χ0v) is 21.5. The largest absolute Gasteiger partial charge is 0.300 e. The SMILES string of the molecule is O=C1Cc2cc3ccc2C2c4c5c(cc(c4C32)CC5)CC(=O)Nc2nnc(s2)CCCc2nnc(s2)N1. The molecule has 0 radical (unpaired) electrons. The number of carbonyl (C=O) groups excluding carboxylic acids is 2. The quantitative estimate of drug-likeness (QED) is 0.359. The van der Waals surface area contributed by atoms with E-state index in [1.54, 1.807) is 0 Å². The Labute approximate surface area is 220 Å². The lowest BCUT2D eigenvalue weighted by Gasteiger charge is -2.50. The van der Waals surface area contributed by atoms with E-state index in [1.165, 1.54) is 56.1 Å². The topological polar surface area (TPSA) is 110 Å². The van der Waals surface area contributed by atoms with Gasteiger partial charge in [0.2, 0.25) is 22.1 Å². The van der Waals surface area contributed by atoms with Gasteiger partial charge in [0.25, 0.3) is 0 Å². The third-order valence-electron chi connectivity index (χ3n) is 8.07. The number of aromatic nitrogens is 4. The molecule has 5 aliphatic carbocycles. The fourth-order valence-electron chi connectivity index (χ4n) is 6.61. The van der Waals surface area contributed by atoms with Crippen molar-refractivity contribution in [2.45, 2.75) is 56.8 Å². The van der Waals surface area contributed by atoms with Gasteiger partial charge in [0.15, 0.2) is 0 Å². The fourth-order valence-corrected chi connectivity index (χ4v) is 8.20. The van der Waals surface area contributed by atoms with Crippen LogP contribution >= 0.6 is 22.7 Å². The van der Waals surface area contributed by atoms with Crippen LogP contribution in [0.15, 0.2) is 24.3 Å². The second kappa shape index (κ2) is 8.00. The summed E-state index contributed by atoms with van der Waals surface area (Å²) >= 11 is 2.84. The Morgan fingerprint density at radius 3 is 2.14 bits per heavy atom. The number of nitrogens with one attached hydrogen (secondary N) is 2. The first-order chi connectivity index (χ1) is 18.1. The van der Waals surface area contributed by atoms with Crippen LogP contribution in [-0.2, 0) is 48.1 Å². The van der Waals surface area contributed by atoms with E-state index >= 15 is 0 Å². The van der Waals surface area contributed by atoms with Gasteiger partial charge in [-0.15, -0.1) is 20.4 Å². The van der Waals surface area contributed by atoms with Crippen molar-refractivity contribution in [2.24, 2.45) is 0 Å². The summed E-state index contributed by atoms with van der Waals surface area (Å²) in [5.74, 6) is 0.549. The van der Waals surface area contributed by atoms with Crippen molar-refractivity contribution in [3.8, 4) is 0 Å². The number of amides is 2. The number of benzene rings is 2. The lowest BCUT2D eigenvalue weighted by molar-refractivity contribution is -0.116. The molecule has 0 saturated heterocycles. The highest BCUT2D eigenvalue weighted by atomic mass is 32.1. The van der Waals surface area contributed by atoms with Gasteiger partial charge in [-0.1, -0.05) is 46.9 Å². The van der Waals surface area contributed by atoms with Crippen LogP contribution in [0.2, 0.25) is 0 Å². The number of nitrogens with zero attached hydrogens (tertiary/aromatic N) is 4. The number of anilines is 2. The predicted octanol–water partition coefficient (Wildman–Crippen LogP) is 3.93. The lowest BCUT2D eigenvalue weighted by Crippen LogP contribution is -2.37. The molecule has 0 fully saturated rings. The molecule has 12 bridgehead atoms. The Hall–Kier alpha value is -3.50. The van der Waals surface area contributed by atoms with E-state index < -0.39 is 0 Å². The van der Waals surface area contributed by atoms with E-state index in [2.05, 4.69) is 55.3 Å². The van der Waals surface area contributed by atoms with Crippen LogP contribution in [0.4, 0.5) is 10.3 Å². The van der Waals surface area contributed by atoms with Gasteiger partial charge in [0, 0.05) is 24.7 Å². The molecule has 2 N–H and O–H groups in total. The van der Waals surface area contributed by atoms with Crippen LogP contribution < -0.4 is 10.6 Å². The smallest absolute Gasteiger partial charge is 0.230 e. The van der Waals surface area contributed by atoms with Crippen molar-refractivity contribution in [1.82, 2.24) is 20.4 Å². The first-order valence-corrected chi connectivity index (χ1v) is 14.3. The average molecular weight is 527 g/mol. The molecule has 4 aromatic rings. The maximum absolute atomic E-state index is 13.0. The predicted molar refractivity (Wildman–Crippen MR) is 140 cm³/mol. The fraction of sp³-hybridized carbons (Fsp3) is 0.333. The van der Waals surface area contributed by atoms with Crippen molar-refractivity contribution in [1.29, 1.82) is 0 Å². The first-order valence-electron chi connectivity index (χ1n) is 12.7. The average Bonchev–Trinajstić information content (AvgIpc) is 3.50. The first kappa shape index (κ1) is 21.6. The minimum atomic E-state index is -0.0650.